The van der Waals surface area contributed by atoms with Crippen molar-refractivity contribution in [3.63, 3.8) is 0 Å². The average molecular weight is 248 g/mol. The van der Waals surface area contributed by atoms with Crippen molar-refractivity contribution in [2.75, 3.05) is 0 Å². The SMILES string of the molecule is Cl.[N-]=O.[NH2-].[NH2-].[NH2-].[NH2-].[NH2-].[Ru+6]. The van der Waals surface area contributed by atoms with Crippen molar-refractivity contribution in [2.24, 2.45) is 0 Å². The molecule has 7 nitrogen and oxygen atoms in total. The van der Waals surface area contributed by atoms with E-state index in [9.17, 15) is 0 Å². The van der Waals surface area contributed by atoms with Gasteiger partial charge in [0.05, 0.1) is 0 Å². The van der Waals surface area contributed by atoms with Crippen molar-refractivity contribution in [2.45, 2.75) is 0 Å². The molecule has 62 valence electrons. The average Bonchev–Trinajstić information content (AvgIpc) is 1.00. The van der Waals surface area contributed by atoms with Gasteiger partial charge >= 0.3 is 19.5 Å². The predicted octanol–water partition coefficient (Wildman–Crippen LogP) is 4.33. The van der Waals surface area contributed by atoms with Gasteiger partial charge in [-0.3, -0.25) is 0 Å². The molecule has 0 aliphatic heterocycles. The summed E-state index contributed by atoms with van der Waals surface area (Å²) in [4.78, 5) is 7.25. The second-order valence-electron chi connectivity index (χ2n) is 0. The third-order valence-electron chi connectivity index (χ3n) is 0. The summed E-state index contributed by atoms with van der Waals surface area (Å²) in [5.74, 6) is 0. The smallest absolute Gasteiger partial charge is 0.693 e. The van der Waals surface area contributed by atoms with Gasteiger partial charge in [-0.1, -0.05) is 0 Å². The van der Waals surface area contributed by atoms with Crippen LogP contribution >= 0.6 is 12.4 Å². The van der Waals surface area contributed by atoms with Crippen molar-refractivity contribution < 1.29 is 19.5 Å². The van der Waals surface area contributed by atoms with Gasteiger partial charge in [0.15, 0.2) is 0 Å². The Hall–Kier alpha value is 0.313. The number of nitrogens with two attached hydrogens (primary N) is 5. The van der Waals surface area contributed by atoms with E-state index in [2.05, 4.69) is 0 Å². The molecule has 0 aromatic rings. The summed E-state index contributed by atoms with van der Waals surface area (Å²) in [6.07, 6.45) is 0. The molecule has 0 rings (SSSR count). The zero-order chi connectivity index (χ0) is 2.00. The number of nitroso groups, excluding NO2 is 1. The molecule has 9 heteroatoms. The maximum atomic E-state index is 7.25. The minimum atomic E-state index is 0. The predicted molar refractivity (Wildman–Crippen MR) is 40.4 cm³/mol. The molecular formula is H11ClN6ORu. The molecule has 0 aromatic carbocycles. The molecule has 0 aromatic heterocycles. The van der Waals surface area contributed by atoms with Gasteiger partial charge in [-0.05, 0) is 0 Å². The Bertz CT molecular complexity index is 13.0. The fourth-order valence-corrected chi connectivity index (χ4v) is 0. The molecule has 0 radical (unpaired) electrons. The van der Waals surface area contributed by atoms with Crippen molar-refractivity contribution in [3.8, 4) is 0 Å². The number of hydrogen-bond acceptors (Lipinski definition) is 1. The van der Waals surface area contributed by atoms with E-state index in [4.69, 9.17) is 10.5 Å². The Morgan fingerprint density at radius 2 is 0.667 bits per heavy atom. The van der Waals surface area contributed by atoms with Gasteiger partial charge in [0.25, 0.3) is 0 Å². The Balaban J connectivity index is -0.000000000238. The molecule has 0 spiro atoms. The number of hydrogen-bond donors (Lipinski definition) is 0. The van der Waals surface area contributed by atoms with Crippen molar-refractivity contribution in [1.82, 2.24) is 0 Å². The summed E-state index contributed by atoms with van der Waals surface area (Å²) < 4.78 is 0. The summed E-state index contributed by atoms with van der Waals surface area (Å²) >= 11 is 0. The van der Waals surface area contributed by atoms with E-state index in [1.165, 1.54) is 0 Å². The van der Waals surface area contributed by atoms with Crippen molar-refractivity contribution >= 4 is 12.4 Å². The van der Waals surface area contributed by atoms with E-state index < -0.39 is 0 Å². The molecule has 0 saturated heterocycles. The normalized spacial score (nSPS) is 0.444. The second kappa shape index (κ2) is 4530. The first-order chi connectivity index (χ1) is 1.00. The Labute approximate surface area is 73.6 Å². The van der Waals surface area contributed by atoms with Crippen molar-refractivity contribution in [3.05, 3.63) is 41.3 Å². The zero-order valence-corrected chi connectivity index (χ0v) is 7.06. The molecule has 0 aliphatic rings. The van der Waals surface area contributed by atoms with E-state index in [0.29, 0.717) is 0 Å². The van der Waals surface area contributed by atoms with Crippen LogP contribution in [0.15, 0.2) is 0 Å². The number of nitrogens with zero attached hydrogens (tertiary/aromatic N) is 1. The van der Waals surface area contributed by atoms with Gasteiger partial charge in [-0.15, -0.1) is 12.4 Å². The number of rotatable bonds is 0. The third-order valence-corrected chi connectivity index (χ3v) is 0. The first-order valence-electron chi connectivity index (χ1n) is 0.183. The summed E-state index contributed by atoms with van der Waals surface area (Å²) in [6, 6.07) is 0. The van der Waals surface area contributed by atoms with Crippen LogP contribution in [0.4, 0.5) is 0 Å². The Kier molecular flexibility index (Phi) is 188000. The largest absolute Gasteiger partial charge is 6.00 e. The van der Waals surface area contributed by atoms with Crippen LogP contribution in [0.3, 0.4) is 0 Å². The van der Waals surface area contributed by atoms with Crippen LogP contribution in [0.5, 0.6) is 0 Å². The minimum absolute atomic E-state index is 0. The van der Waals surface area contributed by atoms with Gasteiger partial charge in [-0.25, -0.2) is 0 Å². The third kappa shape index (κ3) is 3370. The molecule has 0 bridgehead atoms. The van der Waals surface area contributed by atoms with E-state index in [1.54, 1.807) is 0 Å². The van der Waals surface area contributed by atoms with Crippen LogP contribution in [-0.2, 0) is 19.5 Å². The monoisotopic (exact) mass is 248 g/mol. The van der Waals surface area contributed by atoms with E-state index in [1.807, 2.05) is 0 Å². The van der Waals surface area contributed by atoms with Crippen LogP contribution < -0.4 is 0 Å². The molecule has 0 atom stereocenters. The van der Waals surface area contributed by atoms with Crippen LogP contribution in [0.1, 0.15) is 0 Å². The van der Waals surface area contributed by atoms with Crippen LogP contribution in [0, 0.1) is 4.91 Å². The number of halogens is 1. The van der Waals surface area contributed by atoms with Crippen molar-refractivity contribution in [1.29, 1.82) is 0 Å². The first-order valence-corrected chi connectivity index (χ1v) is 0.183. The summed E-state index contributed by atoms with van der Waals surface area (Å²) in [5, 5.41) is 0. The fourth-order valence-electron chi connectivity index (χ4n) is 0. The molecule has 0 amide bonds. The maximum absolute atomic E-state index is 7.25. The summed E-state index contributed by atoms with van der Waals surface area (Å²) in [7, 11) is 0. The Morgan fingerprint density at radius 1 is 0.667 bits per heavy atom. The van der Waals surface area contributed by atoms with Crippen LogP contribution in [0.25, 0.3) is 36.3 Å². The van der Waals surface area contributed by atoms with Crippen LogP contribution in [-0.4, -0.2) is 0 Å². The fraction of sp³-hybridized carbons (Fsp3) is 0. The quantitative estimate of drug-likeness (QED) is 0.562. The molecular weight excluding hydrogens is 237 g/mol. The maximum Gasteiger partial charge on any atom is 6.00 e. The molecule has 0 heterocycles. The molecule has 0 saturated carbocycles. The molecule has 0 unspecified atom stereocenters. The Morgan fingerprint density at radius 3 is 0.667 bits per heavy atom. The van der Waals surface area contributed by atoms with Gasteiger partial charge in [-0.2, -0.15) is 0 Å². The molecule has 0 fully saturated rings. The second-order valence-corrected chi connectivity index (χ2v) is 0. The van der Waals surface area contributed by atoms with Gasteiger partial charge in [0.1, 0.15) is 0 Å². The summed E-state index contributed by atoms with van der Waals surface area (Å²) in [5.41, 5.74) is 5.75. The molecule has 0 aliphatic carbocycles. The minimum Gasteiger partial charge on any atom is -0.693 e. The van der Waals surface area contributed by atoms with Gasteiger partial charge in [0, 0.05) is 0 Å². The molecule has 9 heavy (non-hydrogen) atoms. The summed E-state index contributed by atoms with van der Waals surface area (Å²) in [6.45, 7) is 0. The van der Waals surface area contributed by atoms with E-state index >= 15 is 0 Å². The van der Waals surface area contributed by atoms with Crippen LogP contribution in [0.2, 0.25) is 0 Å². The van der Waals surface area contributed by atoms with Gasteiger partial charge < -0.3 is 41.3 Å². The van der Waals surface area contributed by atoms with E-state index in [-0.39, 0.29) is 62.6 Å². The first kappa shape index (κ1) is 373. The molecule has 10 N–H and O–H groups in total. The van der Waals surface area contributed by atoms with E-state index in [0.717, 1.165) is 0 Å². The topological polar surface area (TPSA) is 207 Å². The standard InChI is InChI=1S/ClH.NO.5H2N.Ru/c;1-2;;;;;;/h1H;;5*1H2;/q;6*-1;+6. The zero-order valence-electron chi connectivity index (χ0n) is 4.50. The van der Waals surface area contributed by atoms with Gasteiger partial charge in [0.2, 0.25) is 0 Å².